The number of amides is 1. The second-order valence-corrected chi connectivity index (χ2v) is 13.1. The van der Waals surface area contributed by atoms with Gasteiger partial charge >= 0.3 is 0 Å². The molecular formula is C27H38N2O5S. The molecular weight excluding hydrogens is 464 g/mol. The highest BCUT2D eigenvalue weighted by atomic mass is 32.2. The van der Waals surface area contributed by atoms with Crippen molar-refractivity contribution in [2.45, 2.75) is 82.8 Å². The molecule has 4 unspecified atom stereocenters. The summed E-state index contributed by atoms with van der Waals surface area (Å²) in [5, 5.41) is 3.56. The van der Waals surface area contributed by atoms with Crippen molar-refractivity contribution in [1.82, 2.24) is 10.3 Å². The summed E-state index contributed by atoms with van der Waals surface area (Å²) >= 11 is 0. The summed E-state index contributed by atoms with van der Waals surface area (Å²) in [4.78, 5) is 29.3. The van der Waals surface area contributed by atoms with Crippen LogP contribution in [0.2, 0.25) is 0 Å². The summed E-state index contributed by atoms with van der Waals surface area (Å²) in [5.74, 6) is 0.731. The topological polar surface area (TPSA) is 106 Å². The van der Waals surface area contributed by atoms with Crippen LogP contribution in [-0.4, -0.2) is 43.1 Å². The number of ketones is 1. The maximum Gasteiger partial charge on any atom is 0.287 e. The Morgan fingerprint density at radius 3 is 2.80 bits per heavy atom. The molecule has 2 saturated carbocycles. The van der Waals surface area contributed by atoms with Crippen molar-refractivity contribution < 1.29 is 22.4 Å². The fourth-order valence-corrected chi connectivity index (χ4v) is 7.24. The zero-order valence-electron chi connectivity index (χ0n) is 20.9. The number of unbranched alkanes of at least 4 members (excludes halogenated alkanes) is 1. The van der Waals surface area contributed by atoms with E-state index < -0.39 is 9.84 Å². The minimum Gasteiger partial charge on any atom is -0.449 e. The molecule has 2 aromatic rings. The Labute approximate surface area is 208 Å². The monoisotopic (exact) mass is 502 g/mol. The zero-order valence-corrected chi connectivity index (χ0v) is 21.7. The Morgan fingerprint density at radius 1 is 1.23 bits per heavy atom. The van der Waals surface area contributed by atoms with Gasteiger partial charge in [-0.05, 0) is 68.4 Å². The predicted molar refractivity (Wildman–Crippen MR) is 136 cm³/mol. The number of furan rings is 1. The number of aromatic nitrogens is 1. The molecule has 7 nitrogen and oxygen atoms in total. The SMILES string of the molecule is CCCC1(CCCCC(=O)C2CCCC(S(C)(=O)=O)C2)CC1CNC(=O)c1cc2ccncc2o1. The maximum atomic E-state index is 12.7. The van der Waals surface area contributed by atoms with Crippen LogP contribution < -0.4 is 5.32 Å². The van der Waals surface area contributed by atoms with Gasteiger partial charge in [-0.1, -0.05) is 26.2 Å². The second-order valence-electron chi connectivity index (χ2n) is 10.7. The van der Waals surface area contributed by atoms with E-state index in [0.717, 1.165) is 56.8 Å². The summed E-state index contributed by atoms with van der Waals surface area (Å²) in [5.41, 5.74) is 0.869. The fraction of sp³-hybridized carbons (Fsp3) is 0.667. The molecule has 2 aliphatic carbocycles. The van der Waals surface area contributed by atoms with E-state index in [1.807, 2.05) is 6.07 Å². The minimum atomic E-state index is -3.07. The number of sulfone groups is 1. The summed E-state index contributed by atoms with van der Waals surface area (Å²) in [6.45, 7) is 2.84. The van der Waals surface area contributed by atoms with Crippen LogP contribution >= 0.6 is 0 Å². The summed E-state index contributed by atoms with van der Waals surface area (Å²) in [6, 6.07) is 3.58. The Bertz CT molecular complexity index is 1120. The molecule has 0 saturated heterocycles. The van der Waals surface area contributed by atoms with Crippen LogP contribution in [0, 0.1) is 17.3 Å². The normalized spacial score (nSPS) is 26.5. The number of hydrogen-bond acceptors (Lipinski definition) is 6. The smallest absolute Gasteiger partial charge is 0.287 e. The van der Waals surface area contributed by atoms with Crippen molar-refractivity contribution in [2.75, 3.05) is 12.8 Å². The largest absolute Gasteiger partial charge is 0.449 e. The number of carbonyl (C=O) groups is 2. The lowest BCUT2D eigenvalue weighted by atomic mass is 9.83. The number of pyridine rings is 1. The van der Waals surface area contributed by atoms with Crippen molar-refractivity contribution in [3.05, 3.63) is 30.3 Å². The Morgan fingerprint density at radius 2 is 2.06 bits per heavy atom. The first-order valence-corrected chi connectivity index (χ1v) is 15.0. The lowest BCUT2D eigenvalue weighted by molar-refractivity contribution is -0.123. The highest BCUT2D eigenvalue weighted by Crippen LogP contribution is 2.59. The van der Waals surface area contributed by atoms with Crippen LogP contribution in [0.1, 0.15) is 88.1 Å². The van der Waals surface area contributed by atoms with Gasteiger partial charge in [-0.15, -0.1) is 0 Å². The lowest BCUT2D eigenvalue weighted by Gasteiger charge is -2.27. The van der Waals surface area contributed by atoms with Gasteiger partial charge in [0.1, 0.15) is 15.6 Å². The first-order valence-electron chi connectivity index (χ1n) is 13.0. The Hall–Kier alpha value is -2.22. The molecule has 2 aliphatic rings. The lowest BCUT2D eigenvalue weighted by Crippen LogP contribution is -2.31. The van der Waals surface area contributed by atoms with Gasteiger partial charge in [-0.2, -0.15) is 0 Å². The Balaban J connectivity index is 1.21. The molecule has 35 heavy (non-hydrogen) atoms. The van der Waals surface area contributed by atoms with Crippen LogP contribution in [0.25, 0.3) is 11.0 Å². The number of hydrogen-bond donors (Lipinski definition) is 1. The van der Waals surface area contributed by atoms with E-state index >= 15 is 0 Å². The third-order valence-electron chi connectivity index (χ3n) is 8.20. The molecule has 1 N–H and O–H groups in total. The molecule has 0 spiro atoms. The van der Waals surface area contributed by atoms with Crippen molar-refractivity contribution in [3.8, 4) is 0 Å². The van der Waals surface area contributed by atoms with E-state index in [1.54, 1.807) is 18.5 Å². The predicted octanol–water partition coefficient (Wildman–Crippen LogP) is 5.10. The number of nitrogens with zero attached hydrogens (tertiary/aromatic N) is 1. The van der Waals surface area contributed by atoms with Gasteiger partial charge in [-0.3, -0.25) is 14.6 Å². The highest BCUT2D eigenvalue weighted by Gasteiger charge is 2.52. The maximum absolute atomic E-state index is 12.7. The van der Waals surface area contributed by atoms with Crippen molar-refractivity contribution in [1.29, 1.82) is 0 Å². The van der Waals surface area contributed by atoms with E-state index in [0.29, 0.717) is 43.1 Å². The molecule has 8 heteroatoms. The minimum absolute atomic E-state index is 0.0917. The van der Waals surface area contributed by atoms with E-state index in [2.05, 4.69) is 17.2 Å². The summed E-state index contributed by atoms with van der Waals surface area (Å²) in [6.07, 6.45) is 14.2. The molecule has 0 aliphatic heterocycles. The van der Waals surface area contributed by atoms with Crippen LogP contribution in [0.5, 0.6) is 0 Å². The van der Waals surface area contributed by atoms with Gasteiger partial charge in [0.15, 0.2) is 11.3 Å². The van der Waals surface area contributed by atoms with Gasteiger partial charge < -0.3 is 9.73 Å². The standard InChI is InChI=1S/C27H38N2O5S/c1-3-11-27(12-5-4-9-23(30)19-7-6-8-22(14-19)35(2,32)33)16-21(27)17-29-26(31)24-15-20-10-13-28-18-25(20)34-24/h10,13,15,18-19,21-22H,3-9,11-12,14,16-17H2,1-2H3,(H,29,31). The number of fused-ring (bicyclic) bond motifs is 1. The first-order chi connectivity index (χ1) is 16.7. The molecule has 4 atom stereocenters. The zero-order chi connectivity index (χ0) is 25.1. The second kappa shape index (κ2) is 10.8. The Kier molecular flexibility index (Phi) is 7.99. The number of Topliss-reactive ketones (excluding diaryl/α,β-unsaturated/α-hetero) is 1. The summed E-state index contributed by atoms with van der Waals surface area (Å²) in [7, 11) is -3.07. The van der Waals surface area contributed by atoms with Gasteiger partial charge in [-0.25, -0.2) is 8.42 Å². The van der Waals surface area contributed by atoms with E-state index in [9.17, 15) is 18.0 Å². The number of rotatable bonds is 12. The number of carbonyl (C=O) groups excluding carboxylic acids is 2. The van der Waals surface area contributed by atoms with Crippen LogP contribution in [0.3, 0.4) is 0 Å². The average Bonchev–Trinajstić information content (AvgIpc) is 3.32. The van der Waals surface area contributed by atoms with E-state index in [4.69, 9.17) is 4.42 Å². The average molecular weight is 503 g/mol. The molecule has 0 aromatic carbocycles. The highest BCUT2D eigenvalue weighted by molar-refractivity contribution is 7.91. The molecule has 2 fully saturated rings. The quantitative estimate of drug-likeness (QED) is 0.405. The molecule has 1 amide bonds. The van der Waals surface area contributed by atoms with Crippen molar-refractivity contribution in [3.63, 3.8) is 0 Å². The molecule has 0 bridgehead atoms. The molecule has 2 aromatic heterocycles. The van der Waals surface area contributed by atoms with Gasteiger partial charge in [0.05, 0.1) is 11.4 Å². The van der Waals surface area contributed by atoms with Crippen LogP contribution in [0.15, 0.2) is 28.9 Å². The van der Waals surface area contributed by atoms with Gasteiger partial charge in [0.2, 0.25) is 0 Å². The molecule has 4 rings (SSSR count). The van der Waals surface area contributed by atoms with Gasteiger partial charge in [0, 0.05) is 36.7 Å². The number of nitrogens with one attached hydrogen (secondary N) is 1. The van der Waals surface area contributed by atoms with Crippen LogP contribution in [0.4, 0.5) is 0 Å². The summed E-state index contributed by atoms with van der Waals surface area (Å²) < 4.78 is 29.4. The third kappa shape index (κ3) is 6.32. The molecule has 192 valence electrons. The molecule has 2 heterocycles. The van der Waals surface area contributed by atoms with Crippen molar-refractivity contribution in [2.24, 2.45) is 17.3 Å². The van der Waals surface area contributed by atoms with E-state index in [-0.39, 0.29) is 28.3 Å². The third-order valence-corrected chi connectivity index (χ3v) is 9.84. The van der Waals surface area contributed by atoms with Crippen LogP contribution in [-0.2, 0) is 14.6 Å². The first kappa shape index (κ1) is 25.9. The van der Waals surface area contributed by atoms with Gasteiger partial charge in [0.25, 0.3) is 5.91 Å². The fourth-order valence-electron chi connectivity index (χ4n) is 6.06. The van der Waals surface area contributed by atoms with E-state index in [1.165, 1.54) is 6.26 Å². The molecule has 0 radical (unpaired) electrons. The van der Waals surface area contributed by atoms with Crippen molar-refractivity contribution >= 4 is 32.5 Å².